The highest BCUT2D eigenvalue weighted by Gasteiger charge is 2.09. The van der Waals surface area contributed by atoms with Crippen molar-refractivity contribution < 1.29 is 17.6 Å². The highest BCUT2D eigenvalue weighted by atomic mass is 19.3. The van der Waals surface area contributed by atoms with E-state index in [1.807, 2.05) is 0 Å². The van der Waals surface area contributed by atoms with Crippen LogP contribution in [0.25, 0.3) is 0 Å². The first-order valence-electron chi connectivity index (χ1n) is 7.00. The van der Waals surface area contributed by atoms with Crippen LogP contribution in [0.5, 0.6) is 0 Å². The van der Waals surface area contributed by atoms with Crippen LogP contribution in [0.15, 0.2) is 49.1 Å². The van der Waals surface area contributed by atoms with Gasteiger partial charge in [-0.3, -0.25) is 0 Å². The fraction of sp³-hybridized carbons (Fsp3) is 0.158. The number of halogens is 4. The van der Waals surface area contributed by atoms with Crippen LogP contribution in [0.2, 0.25) is 0 Å². The van der Waals surface area contributed by atoms with Crippen LogP contribution < -0.4 is 0 Å². The van der Waals surface area contributed by atoms with Crippen molar-refractivity contribution in [2.24, 2.45) is 0 Å². The third kappa shape index (κ3) is 4.46. The summed E-state index contributed by atoms with van der Waals surface area (Å²) in [7, 11) is 0. The Morgan fingerprint density at radius 3 is 2.13 bits per heavy atom. The Kier molecular flexibility index (Phi) is 5.59. The van der Waals surface area contributed by atoms with Crippen molar-refractivity contribution in [3.05, 3.63) is 82.9 Å². The summed E-state index contributed by atoms with van der Waals surface area (Å²) in [4.78, 5) is 0. The molecule has 2 aromatic rings. The van der Waals surface area contributed by atoms with Gasteiger partial charge in [-0.2, -0.15) is 0 Å². The molecular formula is C19H14F4. The van der Waals surface area contributed by atoms with E-state index in [0.29, 0.717) is 24.0 Å². The molecule has 0 amide bonds. The molecule has 0 aliphatic rings. The van der Waals surface area contributed by atoms with E-state index in [-0.39, 0.29) is 11.1 Å². The second-order valence-electron chi connectivity index (χ2n) is 4.93. The Balaban J connectivity index is 2.25. The zero-order valence-corrected chi connectivity index (χ0v) is 12.3. The first kappa shape index (κ1) is 16.8. The molecule has 0 saturated carbocycles. The molecule has 0 N–H and O–H groups in total. The lowest BCUT2D eigenvalue weighted by atomic mass is 10.1. The number of alkyl halides is 2. The van der Waals surface area contributed by atoms with E-state index in [0.717, 1.165) is 0 Å². The summed E-state index contributed by atoms with van der Waals surface area (Å²) in [6.07, 6.45) is 0.239. The lowest BCUT2D eigenvalue weighted by molar-refractivity contribution is 0.151. The van der Waals surface area contributed by atoms with Gasteiger partial charge in [0.1, 0.15) is 11.6 Å². The number of rotatable bonds is 4. The summed E-state index contributed by atoms with van der Waals surface area (Å²) in [5.41, 5.74) is 0.487. The molecule has 0 unspecified atom stereocenters. The van der Waals surface area contributed by atoms with Gasteiger partial charge in [0, 0.05) is 11.1 Å². The molecule has 0 aliphatic carbocycles. The van der Waals surface area contributed by atoms with E-state index in [1.54, 1.807) is 6.08 Å². The van der Waals surface area contributed by atoms with Crippen LogP contribution in [-0.4, -0.2) is 0 Å². The predicted octanol–water partition coefficient (Wildman–Crippen LogP) is 5.42. The van der Waals surface area contributed by atoms with Gasteiger partial charge in [0.15, 0.2) is 0 Å². The van der Waals surface area contributed by atoms with E-state index >= 15 is 0 Å². The Labute approximate surface area is 132 Å². The quantitative estimate of drug-likeness (QED) is 0.401. The lowest BCUT2D eigenvalue weighted by Crippen LogP contribution is -1.95. The van der Waals surface area contributed by atoms with Crippen molar-refractivity contribution >= 4 is 0 Å². The molecule has 0 bridgehead atoms. The maximum absolute atomic E-state index is 13.9. The Morgan fingerprint density at radius 1 is 1.00 bits per heavy atom. The molecule has 0 saturated heterocycles. The van der Waals surface area contributed by atoms with Gasteiger partial charge in [-0.05, 0) is 42.7 Å². The molecule has 2 aromatic carbocycles. The summed E-state index contributed by atoms with van der Waals surface area (Å²) in [5.74, 6) is 3.53. The van der Waals surface area contributed by atoms with Gasteiger partial charge < -0.3 is 0 Å². The van der Waals surface area contributed by atoms with E-state index in [1.165, 1.54) is 36.4 Å². The third-order valence-corrected chi connectivity index (χ3v) is 3.23. The zero-order valence-electron chi connectivity index (χ0n) is 12.3. The summed E-state index contributed by atoms with van der Waals surface area (Å²) >= 11 is 0. The average molecular weight is 318 g/mol. The molecule has 0 atom stereocenters. The second-order valence-corrected chi connectivity index (χ2v) is 4.93. The van der Waals surface area contributed by atoms with Gasteiger partial charge in [0.25, 0.3) is 6.43 Å². The lowest BCUT2D eigenvalue weighted by Gasteiger charge is -2.03. The van der Waals surface area contributed by atoms with Crippen molar-refractivity contribution in [3.63, 3.8) is 0 Å². The van der Waals surface area contributed by atoms with Gasteiger partial charge in [0.2, 0.25) is 0 Å². The van der Waals surface area contributed by atoms with E-state index in [4.69, 9.17) is 0 Å². The molecule has 0 heterocycles. The molecular weight excluding hydrogens is 304 g/mol. The number of hydrogen-bond donors (Lipinski definition) is 0. The first-order chi connectivity index (χ1) is 11.0. The summed E-state index contributed by atoms with van der Waals surface area (Å²) < 4.78 is 52.8. The molecule has 0 spiro atoms. The summed E-state index contributed by atoms with van der Waals surface area (Å²) in [5, 5.41) is 0. The van der Waals surface area contributed by atoms with Crippen LogP contribution >= 0.6 is 0 Å². The highest BCUT2D eigenvalue weighted by molar-refractivity contribution is 5.45. The Morgan fingerprint density at radius 2 is 1.61 bits per heavy atom. The molecule has 0 aromatic heterocycles. The molecule has 0 radical (unpaired) electrons. The normalized spacial score (nSPS) is 10.3. The zero-order chi connectivity index (χ0) is 16.8. The minimum Gasteiger partial charge on any atom is -0.206 e. The minimum absolute atomic E-state index is 0.125. The maximum atomic E-state index is 13.9. The predicted molar refractivity (Wildman–Crippen MR) is 82.3 cm³/mol. The molecule has 118 valence electrons. The fourth-order valence-electron chi connectivity index (χ4n) is 2.00. The Hall–Kier alpha value is -2.54. The SMILES string of the molecule is C=CCCc1cc(F)c(C#Cc2ccc(C(F)F)cc2)c(F)c1. The topological polar surface area (TPSA) is 0 Å². The van der Waals surface area contributed by atoms with Crippen LogP contribution in [0.1, 0.15) is 35.1 Å². The van der Waals surface area contributed by atoms with Crippen molar-refractivity contribution in [2.45, 2.75) is 19.3 Å². The van der Waals surface area contributed by atoms with Crippen molar-refractivity contribution in [2.75, 3.05) is 0 Å². The molecule has 4 heteroatoms. The van der Waals surface area contributed by atoms with E-state index < -0.39 is 18.1 Å². The van der Waals surface area contributed by atoms with Gasteiger partial charge in [-0.15, -0.1) is 6.58 Å². The largest absolute Gasteiger partial charge is 0.263 e. The van der Waals surface area contributed by atoms with E-state index in [9.17, 15) is 17.6 Å². The molecule has 23 heavy (non-hydrogen) atoms. The second kappa shape index (κ2) is 7.64. The number of benzene rings is 2. The first-order valence-corrected chi connectivity index (χ1v) is 7.00. The fourth-order valence-corrected chi connectivity index (χ4v) is 2.00. The molecule has 0 fully saturated rings. The van der Waals surface area contributed by atoms with Crippen LogP contribution in [0, 0.1) is 23.5 Å². The smallest absolute Gasteiger partial charge is 0.206 e. The average Bonchev–Trinajstić information content (AvgIpc) is 2.52. The van der Waals surface area contributed by atoms with E-state index in [2.05, 4.69) is 18.4 Å². The van der Waals surface area contributed by atoms with Gasteiger partial charge in [0.05, 0.1) is 5.56 Å². The van der Waals surface area contributed by atoms with Gasteiger partial charge in [-0.25, -0.2) is 17.6 Å². The standard InChI is InChI=1S/C19H14F4/c1-2-3-4-14-11-17(20)16(18(21)12-14)10-7-13-5-8-15(9-6-13)19(22)23/h2,5-6,8-9,11-12,19H,1,3-4H2. The maximum Gasteiger partial charge on any atom is 0.263 e. The Bertz CT molecular complexity index is 726. The molecule has 0 aliphatic heterocycles. The summed E-state index contributed by atoms with van der Waals surface area (Å²) in [6.45, 7) is 3.56. The highest BCUT2D eigenvalue weighted by Crippen LogP contribution is 2.19. The summed E-state index contributed by atoms with van der Waals surface area (Å²) in [6, 6.07) is 7.75. The molecule has 0 nitrogen and oxygen atoms in total. The van der Waals surface area contributed by atoms with Gasteiger partial charge in [-0.1, -0.05) is 30.0 Å². The van der Waals surface area contributed by atoms with Crippen LogP contribution in [0.3, 0.4) is 0 Å². The third-order valence-electron chi connectivity index (χ3n) is 3.23. The van der Waals surface area contributed by atoms with Crippen LogP contribution in [0.4, 0.5) is 17.6 Å². The number of aryl methyl sites for hydroxylation is 1. The van der Waals surface area contributed by atoms with Gasteiger partial charge >= 0.3 is 0 Å². The van der Waals surface area contributed by atoms with Crippen molar-refractivity contribution in [3.8, 4) is 11.8 Å². The minimum atomic E-state index is -2.56. The van der Waals surface area contributed by atoms with Crippen molar-refractivity contribution in [1.29, 1.82) is 0 Å². The molecule has 2 rings (SSSR count). The monoisotopic (exact) mass is 318 g/mol. The van der Waals surface area contributed by atoms with Crippen molar-refractivity contribution in [1.82, 2.24) is 0 Å². The number of allylic oxidation sites excluding steroid dienone is 1. The van der Waals surface area contributed by atoms with Crippen LogP contribution in [-0.2, 0) is 6.42 Å². The number of hydrogen-bond acceptors (Lipinski definition) is 0.